The summed E-state index contributed by atoms with van der Waals surface area (Å²) >= 11 is 0. The number of hydrogen-bond donors (Lipinski definition) is 1. The Hall–Kier alpha value is -2.89. The molecule has 1 saturated heterocycles. The zero-order valence-electron chi connectivity index (χ0n) is 15.8. The fraction of sp³-hybridized carbons (Fsp3) is 0.381. The number of carbonyl (C=O) groups excluding carboxylic acids is 1. The van der Waals surface area contributed by atoms with Crippen LogP contribution in [0.3, 0.4) is 0 Å². The van der Waals surface area contributed by atoms with E-state index in [1.54, 1.807) is 13.0 Å². The van der Waals surface area contributed by atoms with E-state index < -0.39 is 0 Å². The first-order chi connectivity index (χ1) is 12.9. The van der Waals surface area contributed by atoms with E-state index in [0.717, 1.165) is 40.6 Å². The Morgan fingerprint density at radius 1 is 1.26 bits per heavy atom. The lowest BCUT2D eigenvalue weighted by Crippen LogP contribution is -2.39. The normalized spacial score (nSPS) is 17.4. The number of furan rings is 1. The number of benzene rings is 1. The van der Waals surface area contributed by atoms with Crippen LogP contribution >= 0.6 is 0 Å². The summed E-state index contributed by atoms with van der Waals surface area (Å²) in [5.74, 6) is 0.985. The average molecular weight is 365 g/mol. The number of fused-ring (bicyclic) bond motifs is 1. The van der Waals surface area contributed by atoms with Gasteiger partial charge in [-0.25, -0.2) is 4.98 Å². The Labute approximate surface area is 157 Å². The minimum Gasteiger partial charge on any atom is -0.451 e. The summed E-state index contributed by atoms with van der Waals surface area (Å²) in [6, 6.07) is 7.53. The van der Waals surface area contributed by atoms with E-state index in [-0.39, 0.29) is 17.4 Å². The van der Waals surface area contributed by atoms with Crippen molar-refractivity contribution in [2.75, 3.05) is 13.1 Å². The van der Waals surface area contributed by atoms with Crippen molar-refractivity contribution in [1.82, 2.24) is 14.9 Å². The second-order valence-electron chi connectivity index (χ2n) is 7.40. The van der Waals surface area contributed by atoms with Crippen LogP contribution in [0.15, 0.2) is 33.5 Å². The van der Waals surface area contributed by atoms with Crippen molar-refractivity contribution in [2.45, 2.75) is 39.5 Å². The lowest BCUT2D eigenvalue weighted by Gasteiger charge is -2.32. The van der Waals surface area contributed by atoms with Gasteiger partial charge in [-0.3, -0.25) is 9.59 Å². The van der Waals surface area contributed by atoms with Crippen molar-refractivity contribution in [3.8, 4) is 0 Å². The molecule has 1 N–H and O–H groups in total. The minimum atomic E-state index is -0.149. The molecule has 1 fully saturated rings. The van der Waals surface area contributed by atoms with Crippen LogP contribution < -0.4 is 5.56 Å². The first-order valence-electron chi connectivity index (χ1n) is 9.29. The van der Waals surface area contributed by atoms with Crippen LogP contribution in [0, 0.1) is 20.8 Å². The molecule has 6 nitrogen and oxygen atoms in total. The van der Waals surface area contributed by atoms with Gasteiger partial charge in [-0.2, -0.15) is 0 Å². The second-order valence-corrected chi connectivity index (χ2v) is 7.40. The molecular formula is C21H23N3O3. The van der Waals surface area contributed by atoms with Gasteiger partial charge in [0.25, 0.3) is 11.5 Å². The van der Waals surface area contributed by atoms with Crippen LogP contribution in [0.5, 0.6) is 0 Å². The molecule has 0 unspecified atom stereocenters. The van der Waals surface area contributed by atoms with Gasteiger partial charge in [0.15, 0.2) is 5.76 Å². The monoisotopic (exact) mass is 365 g/mol. The van der Waals surface area contributed by atoms with E-state index >= 15 is 0 Å². The number of rotatable bonds is 2. The van der Waals surface area contributed by atoms with E-state index in [4.69, 9.17) is 4.42 Å². The lowest BCUT2D eigenvalue weighted by molar-refractivity contribution is 0.0675. The van der Waals surface area contributed by atoms with E-state index in [1.807, 2.05) is 36.9 Å². The largest absolute Gasteiger partial charge is 0.451 e. The first-order valence-corrected chi connectivity index (χ1v) is 9.29. The van der Waals surface area contributed by atoms with E-state index in [0.29, 0.717) is 24.7 Å². The number of piperidine rings is 1. The van der Waals surface area contributed by atoms with Crippen molar-refractivity contribution in [1.29, 1.82) is 0 Å². The quantitative estimate of drug-likeness (QED) is 0.754. The van der Waals surface area contributed by atoms with Crippen molar-refractivity contribution < 1.29 is 9.21 Å². The van der Waals surface area contributed by atoms with Gasteiger partial charge in [0.1, 0.15) is 11.4 Å². The highest BCUT2D eigenvalue weighted by atomic mass is 16.3. The first kappa shape index (κ1) is 17.5. The molecule has 1 aromatic carbocycles. The standard InChI is InChI=1S/C21H23N3O3/c1-12-6-7-16-13(2)20(27-18(16)9-12)21(26)24-8-4-5-15(11-24)17-10-19(25)23-14(3)22-17/h6-7,9-10,15H,4-5,8,11H2,1-3H3,(H,22,23,25)/t15-/m0/s1. The maximum atomic E-state index is 13.1. The molecule has 1 aliphatic heterocycles. The minimum absolute atomic E-state index is 0.0654. The molecule has 0 radical (unpaired) electrons. The predicted octanol–water partition coefficient (Wildman–Crippen LogP) is 3.46. The summed E-state index contributed by atoms with van der Waals surface area (Å²) in [6.07, 6.45) is 1.79. The maximum Gasteiger partial charge on any atom is 0.289 e. The van der Waals surface area contributed by atoms with Gasteiger partial charge < -0.3 is 14.3 Å². The van der Waals surface area contributed by atoms with Crippen molar-refractivity contribution in [3.63, 3.8) is 0 Å². The highest BCUT2D eigenvalue weighted by Crippen LogP contribution is 2.30. The topological polar surface area (TPSA) is 79.2 Å². The molecule has 0 spiro atoms. The van der Waals surface area contributed by atoms with Crippen LogP contribution in [-0.2, 0) is 0 Å². The van der Waals surface area contributed by atoms with Gasteiger partial charge >= 0.3 is 0 Å². The molecule has 1 aliphatic rings. The van der Waals surface area contributed by atoms with E-state index in [1.165, 1.54) is 0 Å². The molecule has 3 heterocycles. The van der Waals surface area contributed by atoms with Gasteiger partial charge in [-0.05, 0) is 45.2 Å². The van der Waals surface area contributed by atoms with Gasteiger partial charge in [0, 0.05) is 36.0 Å². The predicted molar refractivity (Wildman–Crippen MR) is 103 cm³/mol. The third-order valence-corrected chi connectivity index (χ3v) is 5.29. The maximum absolute atomic E-state index is 13.1. The molecule has 140 valence electrons. The fourth-order valence-electron chi connectivity index (χ4n) is 3.90. The SMILES string of the molecule is Cc1ccc2c(C)c(C(=O)N3CCC[C@H](c4cc(=O)[nH]c(C)n4)C3)oc2c1. The zero-order chi connectivity index (χ0) is 19.1. The molecule has 2 aromatic heterocycles. The Kier molecular flexibility index (Phi) is 4.34. The Balaban J connectivity index is 1.62. The molecule has 1 atom stereocenters. The second kappa shape index (κ2) is 6.68. The summed E-state index contributed by atoms with van der Waals surface area (Å²) in [6.45, 7) is 6.94. The Morgan fingerprint density at radius 2 is 2.07 bits per heavy atom. The number of hydrogen-bond acceptors (Lipinski definition) is 4. The summed E-state index contributed by atoms with van der Waals surface area (Å²) in [4.78, 5) is 33.9. The molecule has 0 saturated carbocycles. The summed E-state index contributed by atoms with van der Waals surface area (Å²) in [7, 11) is 0. The number of likely N-dealkylation sites (tertiary alicyclic amines) is 1. The lowest BCUT2D eigenvalue weighted by atomic mass is 9.94. The fourth-order valence-corrected chi connectivity index (χ4v) is 3.90. The summed E-state index contributed by atoms with van der Waals surface area (Å²) in [5.41, 5.74) is 3.33. The van der Waals surface area contributed by atoms with E-state index in [9.17, 15) is 9.59 Å². The molecule has 27 heavy (non-hydrogen) atoms. The highest BCUT2D eigenvalue weighted by molar-refractivity contribution is 5.99. The van der Waals surface area contributed by atoms with Crippen molar-refractivity contribution in [3.05, 3.63) is 63.0 Å². The molecule has 1 amide bonds. The smallest absolute Gasteiger partial charge is 0.289 e. The molecule has 3 aromatic rings. The van der Waals surface area contributed by atoms with Crippen LogP contribution in [0.2, 0.25) is 0 Å². The third-order valence-electron chi connectivity index (χ3n) is 5.29. The highest BCUT2D eigenvalue weighted by Gasteiger charge is 2.29. The number of nitrogens with zero attached hydrogens (tertiary/aromatic N) is 2. The average Bonchev–Trinajstić information content (AvgIpc) is 2.96. The van der Waals surface area contributed by atoms with Crippen LogP contribution in [0.4, 0.5) is 0 Å². The van der Waals surface area contributed by atoms with Gasteiger partial charge in [-0.15, -0.1) is 0 Å². The van der Waals surface area contributed by atoms with Crippen LogP contribution in [0.1, 0.15) is 52.0 Å². The van der Waals surface area contributed by atoms with E-state index in [2.05, 4.69) is 9.97 Å². The number of aryl methyl sites for hydroxylation is 3. The van der Waals surface area contributed by atoms with Crippen molar-refractivity contribution in [2.24, 2.45) is 0 Å². The number of H-pyrrole nitrogens is 1. The van der Waals surface area contributed by atoms with Gasteiger partial charge in [0.2, 0.25) is 0 Å². The Morgan fingerprint density at radius 3 is 2.85 bits per heavy atom. The zero-order valence-corrected chi connectivity index (χ0v) is 15.8. The van der Waals surface area contributed by atoms with Crippen molar-refractivity contribution >= 4 is 16.9 Å². The Bertz CT molecular complexity index is 1080. The summed E-state index contributed by atoms with van der Waals surface area (Å²) in [5, 5.41) is 0.976. The number of aromatic amines is 1. The van der Waals surface area contributed by atoms with Gasteiger partial charge in [0.05, 0.1) is 5.69 Å². The molecule has 6 heteroatoms. The van der Waals surface area contributed by atoms with Gasteiger partial charge in [-0.1, -0.05) is 12.1 Å². The number of carbonyl (C=O) groups is 1. The third kappa shape index (κ3) is 3.27. The number of amides is 1. The number of aromatic nitrogens is 2. The molecule has 4 rings (SSSR count). The molecular weight excluding hydrogens is 342 g/mol. The number of nitrogens with one attached hydrogen (secondary N) is 1. The van der Waals surface area contributed by atoms with Crippen LogP contribution in [0.25, 0.3) is 11.0 Å². The molecule has 0 aliphatic carbocycles. The molecule has 0 bridgehead atoms. The summed E-state index contributed by atoms with van der Waals surface area (Å²) < 4.78 is 5.91. The van der Waals surface area contributed by atoms with Crippen LogP contribution in [-0.4, -0.2) is 33.9 Å².